The molecule has 0 heterocycles. The maximum atomic E-state index is 11.7. The van der Waals surface area contributed by atoms with Crippen LogP contribution in [0.3, 0.4) is 0 Å². The molecule has 180 valence electrons. The van der Waals surface area contributed by atoms with E-state index in [9.17, 15) is 20.2 Å². The molecule has 0 saturated carbocycles. The van der Waals surface area contributed by atoms with Crippen molar-refractivity contribution in [2.75, 3.05) is 42.7 Å². The van der Waals surface area contributed by atoms with Crippen molar-refractivity contribution in [1.82, 2.24) is 0 Å². The number of benzene rings is 2. The van der Waals surface area contributed by atoms with Crippen LogP contribution in [-0.2, 0) is 18.0 Å². The third-order valence-corrected chi connectivity index (χ3v) is 4.65. The summed E-state index contributed by atoms with van der Waals surface area (Å²) in [5.74, 6) is 0.208. The minimum Gasteiger partial charge on any atom is -0.493 e. The second-order valence-corrected chi connectivity index (χ2v) is 6.31. The number of ether oxygens (including phenoxy) is 7. The highest BCUT2D eigenvalue weighted by atomic mass is 16.6. The van der Waals surface area contributed by atoms with Gasteiger partial charge in [0.05, 0.1) is 76.8 Å². The first-order valence-electron chi connectivity index (χ1n) is 9.29. The van der Waals surface area contributed by atoms with Crippen LogP contribution in [0.5, 0.6) is 34.5 Å². The maximum Gasteiger partial charge on any atom is 0.320 e. The molecule has 0 aliphatic rings. The van der Waals surface area contributed by atoms with Crippen molar-refractivity contribution in [3.05, 3.63) is 43.5 Å². The van der Waals surface area contributed by atoms with Gasteiger partial charge in [-0.2, -0.15) is 0 Å². The Morgan fingerprint density at radius 2 is 0.939 bits per heavy atom. The topological polar surface area (TPSA) is 151 Å². The molecular formula is C20H24N2O11. The standard InChI is InChI=1S/C20H24N2O11/c1-27-13-7-11(15(21(23)24)19(31-5)17(13)29-3)9-33-10-12-8-14(28-2)18(30-4)20(32-6)16(12)22(25)26/h7-8H,9-10H2,1-6H3. The van der Waals surface area contributed by atoms with Gasteiger partial charge in [-0.25, -0.2) is 0 Å². The molecule has 0 atom stereocenters. The Morgan fingerprint density at radius 1 is 0.606 bits per heavy atom. The Labute approximate surface area is 189 Å². The van der Waals surface area contributed by atoms with E-state index in [-0.39, 0.29) is 70.2 Å². The van der Waals surface area contributed by atoms with Crippen molar-refractivity contribution in [3.63, 3.8) is 0 Å². The van der Waals surface area contributed by atoms with Crippen molar-refractivity contribution < 1.29 is 43.0 Å². The van der Waals surface area contributed by atoms with Crippen LogP contribution >= 0.6 is 0 Å². The van der Waals surface area contributed by atoms with Gasteiger partial charge < -0.3 is 33.2 Å². The zero-order chi connectivity index (χ0) is 24.7. The molecule has 0 aliphatic carbocycles. The van der Waals surface area contributed by atoms with Crippen LogP contribution in [0.1, 0.15) is 11.1 Å². The third-order valence-electron chi connectivity index (χ3n) is 4.65. The van der Waals surface area contributed by atoms with Gasteiger partial charge in [0.1, 0.15) is 0 Å². The molecule has 2 aromatic rings. The number of hydrogen-bond acceptors (Lipinski definition) is 11. The summed E-state index contributed by atoms with van der Waals surface area (Å²) in [7, 11) is 7.90. The second-order valence-electron chi connectivity index (χ2n) is 6.31. The number of nitro groups is 2. The first-order chi connectivity index (χ1) is 15.8. The molecule has 0 bridgehead atoms. The largest absolute Gasteiger partial charge is 0.493 e. The summed E-state index contributed by atoms with van der Waals surface area (Å²) in [6.07, 6.45) is 0. The molecule has 0 spiro atoms. The van der Waals surface area contributed by atoms with Crippen molar-refractivity contribution in [2.24, 2.45) is 0 Å². The number of hydrogen-bond donors (Lipinski definition) is 0. The summed E-state index contributed by atoms with van der Waals surface area (Å²) in [5.41, 5.74) is -0.529. The zero-order valence-corrected chi connectivity index (χ0v) is 19.0. The molecule has 2 rings (SSSR count). The molecule has 0 fully saturated rings. The van der Waals surface area contributed by atoms with Crippen LogP contribution in [0.25, 0.3) is 0 Å². The first kappa shape index (κ1) is 25.3. The predicted octanol–water partition coefficient (Wildman–Crippen LogP) is 3.27. The lowest BCUT2D eigenvalue weighted by molar-refractivity contribution is -0.387. The highest BCUT2D eigenvalue weighted by Gasteiger charge is 2.31. The van der Waals surface area contributed by atoms with E-state index in [0.29, 0.717) is 0 Å². The van der Waals surface area contributed by atoms with Gasteiger partial charge in [-0.3, -0.25) is 20.2 Å². The van der Waals surface area contributed by atoms with E-state index in [1.165, 1.54) is 54.8 Å². The molecule has 0 saturated heterocycles. The monoisotopic (exact) mass is 468 g/mol. The van der Waals surface area contributed by atoms with E-state index in [0.717, 1.165) is 0 Å². The Hall–Kier alpha value is -4.00. The van der Waals surface area contributed by atoms with Crippen LogP contribution < -0.4 is 28.4 Å². The van der Waals surface area contributed by atoms with Gasteiger partial charge in [0.25, 0.3) is 0 Å². The quantitative estimate of drug-likeness (QED) is 0.333. The van der Waals surface area contributed by atoms with Gasteiger partial charge in [0.2, 0.25) is 23.0 Å². The Balaban J connectivity index is 2.49. The molecule has 13 heteroatoms. The fourth-order valence-corrected chi connectivity index (χ4v) is 3.27. The fourth-order valence-electron chi connectivity index (χ4n) is 3.27. The van der Waals surface area contributed by atoms with Crippen LogP contribution in [0, 0.1) is 20.2 Å². The summed E-state index contributed by atoms with van der Waals surface area (Å²) < 4.78 is 36.8. The van der Waals surface area contributed by atoms with E-state index in [2.05, 4.69) is 0 Å². The predicted molar refractivity (Wildman–Crippen MR) is 114 cm³/mol. The van der Waals surface area contributed by atoms with Crippen LogP contribution in [0.2, 0.25) is 0 Å². The Kier molecular flexibility index (Phi) is 8.45. The lowest BCUT2D eigenvalue weighted by Crippen LogP contribution is -2.07. The minimum atomic E-state index is -0.638. The molecule has 0 unspecified atom stereocenters. The summed E-state index contributed by atoms with van der Waals surface area (Å²) in [6.45, 7) is -0.582. The van der Waals surface area contributed by atoms with Gasteiger partial charge in [0.15, 0.2) is 11.5 Å². The smallest absolute Gasteiger partial charge is 0.320 e. The minimum absolute atomic E-state index is 0.0516. The molecule has 0 aliphatic heterocycles. The van der Waals surface area contributed by atoms with E-state index in [1.807, 2.05) is 0 Å². The molecule has 2 aromatic carbocycles. The van der Waals surface area contributed by atoms with Crippen molar-refractivity contribution in [2.45, 2.75) is 13.2 Å². The van der Waals surface area contributed by atoms with Crippen LogP contribution in [0.4, 0.5) is 11.4 Å². The summed E-state index contributed by atoms with van der Waals surface area (Å²) in [4.78, 5) is 22.2. The van der Waals surface area contributed by atoms with Gasteiger partial charge in [-0.15, -0.1) is 0 Å². The average molecular weight is 468 g/mol. The SMILES string of the molecule is COc1cc(COCc2cc(OC)c(OC)c(OC)c2[N+](=O)[O-])c([N+](=O)[O-])c(OC)c1OC. The number of rotatable bonds is 12. The number of methoxy groups -OCH3 is 6. The maximum absolute atomic E-state index is 11.7. The molecule has 33 heavy (non-hydrogen) atoms. The van der Waals surface area contributed by atoms with E-state index >= 15 is 0 Å². The van der Waals surface area contributed by atoms with Crippen LogP contribution in [0.15, 0.2) is 12.1 Å². The molecule has 0 N–H and O–H groups in total. The number of nitro benzene ring substituents is 2. The van der Waals surface area contributed by atoms with Crippen molar-refractivity contribution >= 4 is 11.4 Å². The Morgan fingerprint density at radius 3 is 1.18 bits per heavy atom. The molecular weight excluding hydrogens is 444 g/mol. The highest BCUT2D eigenvalue weighted by Crippen LogP contribution is 2.48. The van der Waals surface area contributed by atoms with Crippen LogP contribution in [-0.4, -0.2) is 52.5 Å². The first-order valence-corrected chi connectivity index (χ1v) is 9.29. The van der Waals surface area contributed by atoms with E-state index < -0.39 is 9.85 Å². The van der Waals surface area contributed by atoms with E-state index in [4.69, 9.17) is 33.2 Å². The normalized spacial score (nSPS) is 10.4. The summed E-state index contributed by atoms with van der Waals surface area (Å²) in [5, 5.41) is 23.4. The lowest BCUT2D eigenvalue weighted by atomic mass is 10.1. The molecule has 13 nitrogen and oxygen atoms in total. The van der Waals surface area contributed by atoms with Gasteiger partial charge in [-0.05, 0) is 12.1 Å². The molecule has 0 radical (unpaired) electrons. The summed E-state index contributed by atoms with van der Waals surface area (Å²) >= 11 is 0. The highest BCUT2D eigenvalue weighted by molar-refractivity contribution is 5.67. The lowest BCUT2D eigenvalue weighted by Gasteiger charge is -2.16. The van der Waals surface area contributed by atoms with E-state index in [1.54, 1.807) is 0 Å². The average Bonchev–Trinajstić information content (AvgIpc) is 2.81. The van der Waals surface area contributed by atoms with Gasteiger partial charge in [0, 0.05) is 0 Å². The summed E-state index contributed by atoms with van der Waals surface area (Å²) in [6, 6.07) is 2.76. The van der Waals surface area contributed by atoms with Gasteiger partial charge in [-0.1, -0.05) is 0 Å². The van der Waals surface area contributed by atoms with Crippen molar-refractivity contribution in [3.8, 4) is 34.5 Å². The second kappa shape index (κ2) is 11.0. The Bertz CT molecular complexity index is 958. The molecule has 0 amide bonds. The fraction of sp³-hybridized carbons (Fsp3) is 0.400. The number of nitrogens with zero attached hydrogens (tertiary/aromatic N) is 2. The van der Waals surface area contributed by atoms with Gasteiger partial charge >= 0.3 is 11.4 Å². The zero-order valence-electron chi connectivity index (χ0n) is 19.0. The van der Waals surface area contributed by atoms with Crippen molar-refractivity contribution in [1.29, 1.82) is 0 Å². The molecule has 0 aromatic heterocycles. The third kappa shape index (κ3) is 4.92.